The van der Waals surface area contributed by atoms with E-state index in [1.165, 1.54) is 7.11 Å². The number of carbonyl (C=O) groups is 1. The van der Waals surface area contributed by atoms with Crippen molar-refractivity contribution in [1.29, 1.82) is 0 Å². The van der Waals surface area contributed by atoms with Crippen LogP contribution in [0.25, 0.3) is 0 Å². The maximum Gasteiger partial charge on any atom is 0.187 e. The Morgan fingerprint density at radius 3 is 1.46 bits per heavy atom. The van der Waals surface area contributed by atoms with E-state index in [2.05, 4.69) is 20.8 Å². The summed E-state index contributed by atoms with van der Waals surface area (Å²) in [5, 5.41) is 52.3. The molecule has 0 radical (unpaired) electrons. The molecule has 0 amide bonds. The Bertz CT molecular complexity index is 2210. The van der Waals surface area contributed by atoms with E-state index in [-0.39, 0.29) is 60.6 Å². The summed E-state index contributed by atoms with van der Waals surface area (Å²) < 4.78 is 115. The molecule has 488 valence electrons. The van der Waals surface area contributed by atoms with Gasteiger partial charge in [-0.15, -0.1) is 0 Å². The van der Waals surface area contributed by atoms with Gasteiger partial charge in [-0.3, -0.25) is 4.79 Å². The summed E-state index contributed by atoms with van der Waals surface area (Å²) in [7, 11) is 6.45. The van der Waals surface area contributed by atoms with Gasteiger partial charge >= 0.3 is 0 Å². The van der Waals surface area contributed by atoms with Crippen LogP contribution in [0.5, 0.6) is 0 Å². The Morgan fingerprint density at radius 2 is 0.965 bits per heavy atom. The molecule has 8 saturated heterocycles. The first kappa shape index (κ1) is 65.2. The Labute approximate surface area is 500 Å². The molecular weight excluding hydrogens is 1120 g/mol. The first-order valence-corrected chi connectivity index (χ1v) is 31.7. The molecule has 8 heterocycles. The summed E-state index contributed by atoms with van der Waals surface area (Å²) in [5.41, 5.74) is -0.466. The molecule has 8 aliphatic heterocycles. The molecule has 0 aromatic heterocycles. The number of rotatable bonds is 17. The van der Waals surface area contributed by atoms with E-state index >= 15 is 0 Å². The number of carbonyl (C=O) groups excluding carboxylic acids is 1. The van der Waals surface area contributed by atoms with Crippen molar-refractivity contribution in [3.05, 3.63) is 0 Å². The lowest BCUT2D eigenvalue weighted by atomic mass is 9.52. The van der Waals surface area contributed by atoms with Crippen LogP contribution in [0.15, 0.2) is 0 Å². The lowest BCUT2D eigenvalue weighted by Crippen LogP contribution is -2.62. The lowest BCUT2D eigenvalue weighted by Gasteiger charge is -2.57. The number of Topliss-reactive ketones (excluding diaryl/α,β-unsaturated/α-hetero) is 1. The van der Waals surface area contributed by atoms with Crippen LogP contribution in [0.3, 0.4) is 0 Å². The normalized spacial score (nSPS) is 54.7. The minimum absolute atomic E-state index is 0.0138. The number of aliphatic hydroxyl groups excluding tert-OH is 5. The van der Waals surface area contributed by atoms with Crippen LogP contribution in [0.1, 0.15) is 139 Å². The van der Waals surface area contributed by atoms with Gasteiger partial charge in [0.2, 0.25) is 0 Å². The fraction of sp³-hybridized carbons (Fsp3) is 0.984. The molecule has 5 N–H and O–H groups in total. The number of hydrogen-bond donors (Lipinski definition) is 5. The van der Waals surface area contributed by atoms with E-state index in [4.69, 9.17) is 85.3 Å². The van der Waals surface area contributed by atoms with Gasteiger partial charge in [-0.05, 0) is 98.3 Å². The van der Waals surface area contributed by atoms with E-state index < -0.39 is 159 Å². The first-order valence-electron chi connectivity index (χ1n) is 31.7. The van der Waals surface area contributed by atoms with Crippen LogP contribution in [0.2, 0.25) is 0 Å². The highest BCUT2D eigenvalue weighted by atomic mass is 16.8. The zero-order valence-electron chi connectivity index (χ0n) is 51.8. The largest absolute Gasteiger partial charge is 0.394 e. The molecule has 85 heavy (non-hydrogen) atoms. The van der Waals surface area contributed by atoms with Crippen LogP contribution in [-0.2, 0) is 90.1 Å². The number of fused-ring (bicyclic) bond motifs is 5. The Kier molecular flexibility index (Phi) is 20.3. The van der Waals surface area contributed by atoms with Crippen LogP contribution in [0, 0.1) is 28.6 Å². The van der Waals surface area contributed by atoms with Gasteiger partial charge in [0.05, 0.1) is 91.4 Å². The van der Waals surface area contributed by atoms with Gasteiger partial charge in [0.1, 0.15) is 60.7 Å². The lowest BCUT2D eigenvalue weighted by molar-refractivity contribution is -0.359. The molecule has 3 unspecified atom stereocenters. The SMILES string of the molecule is CO[C@H]1C[C@H](O[C@H]2CC[C@@]3(C)C(CC[C@@]45OC(C)[C@H]6CCC(=O)[C@]6(C)C(C[C@@H]43)O5)C2)O[C@H](C)[C@H]1O[C@H]1C[C@H](OC)[C@H](O[C@H]2C[C@@H](OC)[C@H](O[C@H]3C[C@H](O)[C@H](O[C@H]4C[C@@H](OC)[C@H](O[C@@H]5O[C@H](CO)[C@@H](O)[C@H](O)[C@H]5O)[C@@H](C)O4)[C@@H](C)O3)[C@@H](C)O2)[C@@H](C)O1. The summed E-state index contributed by atoms with van der Waals surface area (Å²) in [6.07, 6.45) is -10.9. The third kappa shape index (κ3) is 12.5. The second-order valence-electron chi connectivity index (χ2n) is 27.1. The van der Waals surface area contributed by atoms with E-state index in [0.29, 0.717) is 37.4 Å². The molecule has 11 rings (SSSR count). The highest BCUT2D eigenvalue weighted by molar-refractivity contribution is 5.88. The Hall–Kier alpha value is -1.25. The van der Waals surface area contributed by atoms with Crippen molar-refractivity contribution in [3.63, 3.8) is 0 Å². The van der Waals surface area contributed by atoms with Crippen LogP contribution in [-0.4, -0.2) is 244 Å². The number of methoxy groups -OCH3 is 4. The van der Waals surface area contributed by atoms with E-state index in [9.17, 15) is 30.3 Å². The molecule has 2 bridgehead atoms. The summed E-state index contributed by atoms with van der Waals surface area (Å²) >= 11 is 0. The second kappa shape index (κ2) is 26.4. The Balaban J connectivity index is 0.626. The summed E-state index contributed by atoms with van der Waals surface area (Å²) in [4.78, 5) is 13.5. The number of ether oxygens (including phenoxy) is 18. The third-order valence-electron chi connectivity index (χ3n) is 22.2. The molecule has 34 atom stereocenters. The van der Waals surface area contributed by atoms with Crippen LogP contribution in [0.4, 0.5) is 0 Å². The number of aliphatic hydroxyl groups is 5. The third-order valence-corrected chi connectivity index (χ3v) is 22.2. The van der Waals surface area contributed by atoms with Crippen molar-refractivity contribution < 1.29 is 116 Å². The number of ketones is 1. The average molecular weight is 1220 g/mol. The topological polar surface area (TPSA) is 284 Å². The van der Waals surface area contributed by atoms with Gasteiger partial charge in [0.15, 0.2) is 43.5 Å². The zero-order valence-corrected chi connectivity index (χ0v) is 51.8. The molecule has 1 spiro atoms. The van der Waals surface area contributed by atoms with Gasteiger partial charge in [0, 0.05) is 85.2 Å². The van der Waals surface area contributed by atoms with Gasteiger partial charge in [-0.1, -0.05) is 6.92 Å². The molecule has 24 nitrogen and oxygen atoms in total. The van der Waals surface area contributed by atoms with Crippen molar-refractivity contribution in [2.24, 2.45) is 28.6 Å². The predicted octanol–water partition coefficient (Wildman–Crippen LogP) is 3.30. The summed E-state index contributed by atoms with van der Waals surface area (Å²) in [5.74, 6) is 0.597. The second-order valence-corrected chi connectivity index (χ2v) is 27.1. The highest BCUT2D eigenvalue weighted by Crippen LogP contribution is 2.67. The van der Waals surface area contributed by atoms with Crippen molar-refractivity contribution in [1.82, 2.24) is 0 Å². The molecule has 3 saturated carbocycles. The van der Waals surface area contributed by atoms with Gasteiger partial charge in [-0.25, -0.2) is 0 Å². The van der Waals surface area contributed by atoms with Gasteiger partial charge in [-0.2, -0.15) is 0 Å². The quantitative estimate of drug-likeness (QED) is 0.131. The Morgan fingerprint density at radius 1 is 0.494 bits per heavy atom. The molecular formula is C61H100O24. The fourth-order valence-corrected chi connectivity index (χ4v) is 17.3. The maximum atomic E-state index is 13.5. The van der Waals surface area contributed by atoms with E-state index in [1.807, 2.05) is 20.8 Å². The summed E-state index contributed by atoms with van der Waals surface area (Å²) in [6, 6.07) is 0. The fourth-order valence-electron chi connectivity index (χ4n) is 17.3. The standard InChI is InChI=1S/C61H100O24/c1-27-35-13-14-43(64)60(35,8)44-25-42-59(7)17-16-34(19-33(59)15-18-61(42,84-27)85-44)77-46-21-37(68-9)55(29(3)73-46)81-49-23-39(70-11)56(31(5)75-49)82-48-22-38(69-10)54(30(4)74-48)80-45-20-36(63)53(28(2)72-45)79-47-24-40(71-12)57(32(6)76-47)83-58-52(67)51(66)50(65)41(26-62)78-58/h27-42,44-58,62-63,65-67H,13-26H2,1-12H3/t27?,28-,29-,30-,31-,32-,33?,34+,35-,36+,37+,38-,39+,40-,41-,42-,44?,45+,46+,47+,48+,49+,50-,51+,52-,53-,54-,55-,56-,57-,58+,59+,60-,61+/m1/s1. The van der Waals surface area contributed by atoms with Crippen LogP contribution >= 0.6 is 0 Å². The van der Waals surface area contributed by atoms with E-state index in [1.54, 1.807) is 35.2 Å². The maximum absolute atomic E-state index is 13.5. The van der Waals surface area contributed by atoms with Crippen molar-refractivity contribution in [2.75, 3.05) is 35.0 Å². The highest BCUT2D eigenvalue weighted by Gasteiger charge is 2.70. The molecule has 3 aliphatic carbocycles. The predicted molar refractivity (Wildman–Crippen MR) is 294 cm³/mol. The number of hydrogen-bond acceptors (Lipinski definition) is 24. The van der Waals surface area contributed by atoms with Gasteiger partial charge in [0.25, 0.3) is 0 Å². The molecule has 0 aromatic carbocycles. The van der Waals surface area contributed by atoms with Gasteiger partial charge < -0.3 is 111 Å². The molecule has 24 heteroatoms. The summed E-state index contributed by atoms with van der Waals surface area (Å²) in [6.45, 7) is 15.5. The average Bonchev–Trinajstić information content (AvgIpc) is 1.75. The van der Waals surface area contributed by atoms with Crippen LogP contribution < -0.4 is 0 Å². The van der Waals surface area contributed by atoms with E-state index in [0.717, 1.165) is 44.9 Å². The smallest absolute Gasteiger partial charge is 0.187 e. The first-order chi connectivity index (χ1) is 40.5. The molecule has 11 fully saturated rings. The minimum atomic E-state index is -1.61. The minimum Gasteiger partial charge on any atom is -0.394 e. The zero-order chi connectivity index (χ0) is 60.6. The molecule has 0 aromatic rings. The monoisotopic (exact) mass is 1220 g/mol. The van der Waals surface area contributed by atoms with Crippen molar-refractivity contribution in [3.8, 4) is 0 Å². The molecule has 11 aliphatic rings. The van der Waals surface area contributed by atoms with Crippen molar-refractivity contribution in [2.45, 2.75) is 317 Å². The van der Waals surface area contributed by atoms with Crippen molar-refractivity contribution >= 4 is 5.78 Å².